The third-order valence-corrected chi connectivity index (χ3v) is 11.0. The number of fused-ring (bicyclic) bond motifs is 1. The lowest BCUT2D eigenvalue weighted by Crippen LogP contribution is -2.64. The van der Waals surface area contributed by atoms with Crippen molar-refractivity contribution < 1.29 is 123 Å². The van der Waals surface area contributed by atoms with Crippen molar-refractivity contribution in [1.82, 2.24) is 0 Å². The summed E-state index contributed by atoms with van der Waals surface area (Å²) in [4.78, 5) is 35.6. The molecule has 3 aliphatic rings. The van der Waals surface area contributed by atoms with Crippen LogP contribution in [-0.2, 0) is 42.8 Å². The summed E-state index contributed by atoms with van der Waals surface area (Å²) in [6, 6.07) is 12.4. The first kappa shape index (κ1) is 50.4. The maximum Gasteiger partial charge on any atom is 0.402 e. The number of aromatic hydroxyl groups is 4. The molecule has 69 heavy (non-hydrogen) atoms. The molecule has 25 nitrogen and oxygen atoms in total. The second-order valence-corrected chi connectivity index (χ2v) is 15.9. The van der Waals surface area contributed by atoms with E-state index >= 15 is 0 Å². The summed E-state index contributed by atoms with van der Waals surface area (Å²) in [6.45, 7) is -2.10. The summed E-state index contributed by atoms with van der Waals surface area (Å²) in [5.74, 6) is -6.55. The molecule has 3 saturated heterocycles. The number of phenolic OH excluding ortho intramolecular Hbond substituents is 4. The van der Waals surface area contributed by atoms with E-state index in [4.69, 9.17) is 47.4 Å². The molecule has 0 radical (unpaired) electrons. The van der Waals surface area contributed by atoms with Gasteiger partial charge in [-0.05, 0) is 35.9 Å². The van der Waals surface area contributed by atoms with Gasteiger partial charge >= 0.3 is 29.3 Å². The Morgan fingerprint density at radius 3 is 2.00 bits per heavy atom. The summed E-state index contributed by atoms with van der Waals surface area (Å²) in [6.07, 6.45) is -24.6. The average molecular weight is 976 g/mol. The minimum Gasteiger partial charge on any atom is -0.508 e. The van der Waals surface area contributed by atoms with Crippen molar-refractivity contribution >= 4 is 35.0 Å². The smallest absolute Gasteiger partial charge is 0.402 e. The lowest BCUT2D eigenvalue weighted by atomic mass is 9.98. The van der Waals surface area contributed by atoms with Crippen LogP contribution in [0.3, 0.4) is 0 Å². The van der Waals surface area contributed by atoms with Crippen LogP contribution >= 0.6 is 0 Å². The highest BCUT2D eigenvalue weighted by Crippen LogP contribution is 2.44. The summed E-state index contributed by atoms with van der Waals surface area (Å²) in [5.41, 5.74) is 0.253. The van der Waals surface area contributed by atoms with E-state index in [2.05, 4.69) is 0 Å². The molecule has 0 aliphatic carbocycles. The van der Waals surface area contributed by atoms with Gasteiger partial charge in [-0.2, -0.15) is 0 Å². The molecule has 0 amide bonds. The van der Waals surface area contributed by atoms with Crippen molar-refractivity contribution in [3.8, 4) is 45.8 Å². The Kier molecular flexibility index (Phi) is 15.7. The SMILES string of the molecule is O=C(O)CC(=O)OC[C@H]1O[C@@H](Oc2cc(O)cc3[o+]c(-c4ccc(O)c(O)c4)c(O[C@@H]4O[C@H](COC(=O)C=Cc5ccc(O)cc5)[C@@H](O)[C@@H](O)[C@@H]4O[C@@H]4OC[C@@H](O)[C@@H](O)[C@H]4O)cc23)[C@@H](O)[C@H](O)[C@@H]1O. The molecule has 4 aromatic rings. The van der Waals surface area contributed by atoms with E-state index in [0.717, 1.165) is 30.3 Å². The number of carboxylic acids is 1. The van der Waals surface area contributed by atoms with Gasteiger partial charge < -0.3 is 104 Å². The van der Waals surface area contributed by atoms with Crippen LogP contribution < -0.4 is 9.47 Å². The molecule has 0 unspecified atom stereocenters. The predicted octanol–water partition coefficient (Wildman–Crippen LogP) is -1.69. The summed E-state index contributed by atoms with van der Waals surface area (Å²) < 4.78 is 51.5. The Labute approximate surface area is 387 Å². The second kappa shape index (κ2) is 21.5. The number of esters is 2. The van der Waals surface area contributed by atoms with Gasteiger partial charge in [0.1, 0.15) is 103 Å². The van der Waals surface area contributed by atoms with Crippen LogP contribution in [0.5, 0.6) is 34.5 Å². The van der Waals surface area contributed by atoms with E-state index in [0.29, 0.717) is 5.56 Å². The topological polar surface area (TPSA) is 399 Å². The second-order valence-electron chi connectivity index (χ2n) is 15.9. The predicted molar refractivity (Wildman–Crippen MR) is 224 cm³/mol. The first-order chi connectivity index (χ1) is 32.8. The zero-order chi connectivity index (χ0) is 49.8. The fourth-order valence-electron chi connectivity index (χ4n) is 7.27. The van der Waals surface area contributed by atoms with Crippen LogP contribution in [0.25, 0.3) is 28.4 Å². The van der Waals surface area contributed by atoms with E-state index < -0.39 is 159 Å². The number of ether oxygens (including phenoxy) is 8. The van der Waals surface area contributed by atoms with Crippen LogP contribution in [-0.4, -0.2) is 190 Å². The summed E-state index contributed by atoms with van der Waals surface area (Å²) in [5, 5.41) is 136. The van der Waals surface area contributed by atoms with E-state index in [1.807, 2.05) is 0 Å². The number of benzene rings is 3. The zero-order valence-corrected chi connectivity index (χ0v) is 35.6. The molecule has 25 heteroatoms. The first-order valence-electron chi connectivity index (χ1n) is 20.8. The zero-order valence-electron chi connectivity index (χ0n) is 35.6. The largest absolute Gasteiger partial charge is 0.508 e. The van der Waals surface area contributed by atoms with Crippen molar-refractivity contribution in [3.63, 3.8) is 0 Å². The lowest BCUT2D eigenvalue weighted by Gasteiger charge is -2.44. The molecule has 3 aliphatic heterocycles. The molecule has 7 rings (SSSR count). The van der Waals surface area contributed by atoms with Crippen LogP contribution in [0.2, 0.25) is 0 Å². The van der Waals surface area contributed by atoms with Crippen molar-refractivity contribution in [1.29, 1.82) is 0 Å². The van der Waals surface area contributed by atoms with Crippen LogP contribution in [0.4, 0.5) is 0 Å². The Morgan fingerprint density at radius 1 is 0.652 bits per heavy atom. The Balaban J connectivity index is 1.25. The lowest BCUT2D eigenvalue weighted by molar-refractivity contribution is -0.345. The highest BCUT2D eigenvalue weighted by molar-refractivity contribution is 5.90. The van der Waals surface area contributed by atoms with Gasteiger partial charge in [-0.1, -0.05) is 12.1 Å². The Morgan fingerprint density at radius 2 is 1.30 bits per heavy atom. The summed E-state index contributed by atoms with van der Waals surface area (Å²) >= 11 is 0. The van der Waals surface area contributed by atoms with E-state index in [-0.39, 0.29) is 28.0 Å². The number of carbonyl (C=O) groups is 3. The molecule has 0 spiro atoms. The molecule has 0 saturated carbocycles. The number of aliphatic hydroxyl groups excluding tert-OH is 8. The van der Waals surface area contributed by atoms with E-state index in [1.54, 1.807) is 0 Å². The number of aliphatic hydroxyl groups is 8. The van der Waals surface area contributed by atoms with E-state index in [1.165, 1.54) is 42.5 Å². The van der Waals surface area contributed by atoms with Crippen LogP contribution in [0.1, 0.15) is 12.0 Å². The molecular weight excluding hydrogens is 928 g/mol. The maximum atomic E-state index is 12.8. The molecule has 0 bridgehead atoms. The minimum atomic E-state index is -2.04. The molecular formula is C44H47O25+. The highest BCUT2D eigenvalue weighted by Gasteiger charge is 2.51. The van der Waals surface area contributed by atoms with Gasteiger partial charge in [-0.3, -0.25) is 9.59 Å². The van der Waals surface area contributed by atoms with Gasteiger partial charge in [0.2, 0.25) is 18.3 Å². The number of rotatable bonds is 15. The fourth-order valence-corrected chi connectivity index (χ4v) is 7.27. The van der Waals surface area contributed by atoms with Crippen molar-refractivity contribution in [2.75, 3.05) is 19.8 Å². The van der Waals surface area contributed by atoms with Crippen molar-refractivity contribution in [2.45, 2.75) is 92.4 Å². The van der Waals surface area contributed by atoms with Gasteiger partial charge in [0, 0.05) is 24.3 Å². The third kappa shape index (κ3) is 11.7. The minimum absolute atomic E-state index is 0.0159. The first-order valence-corrected chi connectivity index (χ1v) is 20.8. The van der Waals surface area contributed by atoms with Crippen LogP contribution in [0, 0.1) is 0 Å². The number of hydrogen-bond acceptors (Lipinski definition) is 23. The number of phenols is 4. The molecule has 14 atom stereocenters. The number of hydrogen-bond donors (Lipinski definition) is 13. The number of carbonyl (C=O) groups excluding carboxylic acids is 2. The molecule has 13 N–H and O–H groups in total. The van der Waals surface area contributed by atoms with E-state index in [9.17, 15) is 75.7 Å². The van der Waals surface area contributed by atoms with Gasteiger partial charge in [-0.15, -0.1) is 0 Å². The fraction of sp³-hybridized carbons (Fsp3) is 0.409. The van der Waals surface area contributed by atoms with Gasteiger partial charge in [-0.25, -0.2) is 9.21 Å². The third-order valence-electron chi connectivity index (χ3n) is 11.0. The summed E-state index contributed by atoms with van der Waals surface area (Å²) in [7, 11) is 0. The van der Waals surface area contributed by atoms with Crippen LogP contribution in [0.15, 0.2) is 71.2 Å². The molecule has 3 aromatic carbocycles. The number of aliphatic carboxylic acids is 1. The number of carboxylic acid groups (broad SMARTS) is 1. The monoisotopic (exact) mass is 975 g/mol. The normalized spacial score (nSPS) is 30.4. The van der Waals surface area contributed by atoms with Crippen molar-refractivity contribution in [2.24, 2.45) is 0 Å². The Bertz CT molecular complexity index is 2500. The quantitative estimate of drug-likeness (QED) is 0.0208. The van der Waals surface area contributed by atoms with Gasteiger partial charge in [0.25, 0.3) is 0 Å². The molecule has 372 valence electrons. The average Bonchev–Trinajstić information content (AvgIpc) is 3.31. The highest BCUT2D eigenvalue weighted by atomic mass is 16.8. The van der Waals surface area contributed by atoms with Gasteiger partial charge in [0.05, 0.1) is 18.2 Å². The molecule has 1 aromatic heterocycles. The molecule has 3 fully saturated rings. The standard InChI is InChI=1S/C44H46O25/c45-19-5-1-17(2-6-19)3-8-31(52)61-15-29-35(56)37(58)41(69-42-38(59)33(54)24(49)14-63-42)44(68-29)66-27-12-21-25(64-40(27)18-4-7-22(47)23(48)9-18)10-20(46)11-26(21)65-43-39(60)36(57)34(55)28(67-43)16-62-32(53)13-30(50)51/h1-12,24,28-29,33-39,41-44,49,54-60H,13-16H2,(H4-,45,46,47,48,50,51,52)/p+1/t24-,28-,29-,33-,34-,35-,36-,37-,38-,39+,41+,42+,43-,44-/m1/s1. The van der Waals surface area contributed by atoms with Crippen molar-refractivity contribution in [3.05, 3.63) is 72.3 Å². The van der Waals surface area contributed by atoms with Gasteiger partial charge in [0.15, 0.2) is 23.9 Å². The Hall–Kier alpha value is -6.46. The molecule has 4 heterocycles. The maximum absolute atomic E-state index is 12.8.